The van der Waals surface area contributed by atoms with E-state index in [0.29, 0.717) is 42.2 Å². The molecular weight excluding hydrogens is 376 g/mol. The first-order chi connectivity index (χ1) is 14.2. The Kier molecular flexibility index (Phi) is 4.76. The van der Waals surface area contributed by atoms with Gasteiger partial charge in [-0.15, -0.1) is 0 Å². The zero-order chi connectivity index (χ0) is 21.3. The summed E-state index contributed by atoms with van der Waals surface area (Å²) in [5.41, 5.74) is 3.86. The van der Waals surface area contributed by atoms with Gasteiger partial charge in [0.25, 0.3) is 0 Å². The summed E-state index contributed by atoms with van der Waals surface area (Å²) in [6.07, 6.45) is 8.87. The van der Waals surface area contributed by atoms with Crippen LogP contribution in [0.1, 0.15) is 72.6 Å². The van der Waals surface area contributed by atoms with Gasteiger partial charge in [0, 0.05) is 41.8 Å². The third kappa shape index (κ3) is 2.80. The first-order valence-corrected chi connectivity index (χ1v) is 12.1. The van der Waals surface area contributed by atoms with Gasteiger partial charge in [0.15, 0.2) is 0 Å². The summed E-state index contributed by atoms with van der Waals surface area (Å²) in [5.74, 6) is 2.16. The van der Waals surface area contributed by atoms with E-state index in [1.54, 1.807) is 0 Å². The summed E-state index contributed by atoms with van der Waals surface area (Å²) >= 11 is 0. The highest BCUT2D eigenvalue weighted by molar-refractivity contribution is 5.88. The molecule has 5 rings (SSSR count). The topological polar surface area (TPSA) is 67.4 Å². The summed E-state index contributed by atoms with van der Waals surface area (Å²) < 4.78 is 0. The molecule has 0 aromatic heterocycles. The molecule has 1 heterocycles. The molecular formula is C25H38N2O3. The highest BCUT2D eigenvalue weighted by atomic mass is 16.7. The smallest absolute Gasteiger partial charge is 0.139 e. The predicted molar refractivity (Wildman–Crippen MR) is 115 cm³/mol. The van der Waals surface area contributed by atoms with Crippen LogP contribution in [0.2, 0.25) is 0 Å². The number of hydrogen-bond donors (Lipinski definition) is 2. The molecule has 5 aliphatic rings. The van der Waals surface area contributed by atoms with E-state index in [1.807, 2.05) is 0 Å². The molecule has 5 heteroatoms. The lowest BCUT2D eigenvalue weighted by molar-refractivity contribution is -0.162. The molecule has 7 atom stereocenters. The van der Waals surface area contributed by atoms with Gasteiger partial charge in [-0.2, -0.15) is 0 Å². The largest absolute Gasteiger partial charge is 0.314 e. The van der Waals surface area contributed by atoms with Crippen molar-refractivity contribution in [3.8, 4) is 0 Å². The highest BCUT2D eigenvalue weighted by Gasteiger charge is 2.64. The van der Waals surface area contributed by atoms with E-state index in [-0.39, 0.29) is 28.3 Å². The minimum atomic E-state index is -0.271. The van der Waals surface area contributed by atoms with E-state index in [4.69, 9.17) is 4.84 Å². The number of fused-ring (bicyclic) bond motifs is 5. The Balaban J connectivity index is 1.43. The molecule has 0 aromatic carbocycles. The maximum atomic E-state index is 13.7. The van der Waals surface area contributed by atoms with Gasteiger partial charge < -0.3 is 5.32 Å². The second-order valence-corrected chi connectivity index (χ2v) is 11.8. The van der Waals surface area contributed by atoms with Gasteiger partial charge in [-0.3, -0.25) is 19.9 Å². The average Bonchev–Trinajstić information content (AvgIpc) is 3.29. The average molecular weight is 415 g/mol. The Labute approximate surface area is 180 Å². The Hall–Kier alpha value is -1.20. The summed E-state index contributed by atoms with van der Waals surface area (Å²) in [7, 11) is 0. The molecule has 0 bridgehead atoms. The van der Waals surface area contributed by atoms with Gasteiger partial charge in [0.1, 0.15) is 11.6 Å². The molecule has 0 spiro atoms. The van der Waals surface area contributed by atoms with Crippen molar-refractivity contribution in [1.29, 1.82) is 0 Å². The van der Waals surface area contributed by atoms with Crippen LogP contribution in [-0.2, 0) is 14.4 Å². The molecule has 0 amide bonds. The number of hydrogen-bond acceptors (Lipinski definition) is 5. The molecule has 0 aromatic rings. The summed E-state index contributed by atoms with van der Waals surface area (Å²) in [4.78, 5) is 32.3. The van der Waals surface area contributed by atoms with Crippen LogP contribution in [0.5, 0.6) is 0 Å². The Morgan fingerprint density at radius 1 is 1.10 bits per heavy atom. The number of rotatable bonds is 3. The summed E-state index contributed by atoms with van der Waals surface area (Å²) in [6.45, 7) is 10.9. The van der Waals surface area contributed by atoms with Crippen LogP contribution in [0.3, 0.4) is 0 Å². The third-order valence-electron chi connectivity index (χ3n) is 9.92. The summed E-state index contributed by atoms with van der Waals surface area (Å²) in [6, 6.07) is 0. The lowest BCUT2D eigenvalue weighted by Crippen LogP contribution is -2.60. The van der Waals surface area contributed by atoms with Crippen LogP contribution in [0.25, 0.3) is 0 Å². The number of carbonyl (C=O) groups is 2. The van der Waals surface area contributed by atoms with Gasteiger partial charge in [-0.1, -0.05) is 33.8 Å². The first kappa shape index (κ1) is 20.7. The SMILES string of the molecule is CC1(C)C(NO[C@@H]2CCNC2)=CC[C@@]2(C)C1C(=O)C[C@@H]1[C@@H]2CC[C@]2(C)C(=O)CC[C@@H]12. The Morgan fingerprint density at radius 3 is 2.63 bits per heavy atom. The van der Waals surface area contributed by atoms with Crippen molar-refractivity contribution in [1.82, 2.24) is 10.8 Å². The molecule has 4 aliphatic carbocycles. The van der Waals surface area contributed by atoms with E-state index in [1.165, 1.54) is 0 Å². The van der Waals surface area contributed by atoms with Crippen molar-refractivity contribution < 1.29 is 14.4 Å². The highest BCUT2D eigenvalue weighted by Crippen LogP contribution is 2.66. The van der Waals surface area contributed by atoms with Crippen molar-refractivity contribution in [2.75, 3.05) is 13.1 Å². The lowest BCUT2D eigenvalue weighted by Gasteiger charge is -2.61. The molecule has 3 saturated carbocycles. The molecule has 1 unspecified atom stereocenters. The van der Waals surface area contributed by atoms with Crippen molar-refractivity contribution in [2.24, 2.45) is 39.9 Å². The van der Waals surface area contributed by atoms with Crippen molar-refractivity contribution >= 4 is 11.6 Å². The van der Waals surface area contributed by atoms with E-state index in [0.717, 1.165) is 50.9 Å². The van der Waals surface area contributed by atoms with Crippen molar-refractivity contribution in [2.45, 2.75) is 78.7 Å². The number of allylic oxidation sites excluding steroid dienone is 2. The van der Waals surface area contributed by atoms with E-state index in [2.05, 4.69) is 44.6 Å². The second-order valence-electron chi connectivity index (χ2n) is 11.8. The number of hydroxylamine groups is 1. The minimum absolute atomic E-state index is 0.00511. The maximum absolute atomic E-state index is 13.7. The predicted octanol–water partition coefficient (Wildman–Crippen LogP) is 3.79. The van der Waals surface area contributed by atoms with Crippen molar-refractivity contribution in [3.05, 3.63) is 11.8 Å². The molecule has 30 heavy (non-hydrogen) atoms. The van der Waals surface area contributed by atoms with Crippen LogP contribution < -0.4 is 10.8 Å². The number of Topliss-reactive ketones (excluding diaryl/α,β-unsaturated/α-hetero) is 2. The van der Waals surface area contributed by atoms with Gasteiger partial charge >= 0.3 is 0 Å². The maximum Gasteiger partial charge on any atom is 0.139 e. The monoisotopic (exact) mass is 414 g/mol. The fraction of sp³-hybridized carbons (Fsp3) is 0.840. The fourth-order valence-electron chi connectivity index (χ4n) is 8.38. The Bertz CT molecular complexity index is 783. The van der Waals surface area contributed by atoms with Crippen LogP contribution in [-0.4, -0.2) is 30.8 Å². The minimum Gasteiger partial charge on any atom is -0.314 e. The molecule has 2 N–H and O–H groups in total. The molecule has 166 valence electrons. The normalized spacial score (nSPS) is 47.3. The van der Waals surface area contributed by atoms with Crippen LogP contribution >= 0.6 is 0 Å². The first-order valence-electron chi connectivity index (χ1n) is 12.1. The molecule has 1 aliphatic heterocycles. The van der Waals surface area contributed by atoms with Crippen LogP contribution in [0.4, 0.5) is 0 Å². The van der Waals surface area contributed by atoms with Gasteiger partial charge in [0.05, 0.1) is 6.10 Å². The van der Waals surface area contributed by atoms with E-state index >= 15 is 0 Å². The Morgan fingerprint density at radius 2 is 1.90 bits per heavy atom. The zero-order valence-corrected chi connectivity index (χ0v) is 19.1. The molecule has 5 nitrogen and oxygen atoms in total. The summed E-state index contributed by atoms with van der Waals surface area (Å²) in [5, 5.41) is 3.33. The lowest BCUT2D eigenvalue weighted by atomic mass is 9.42. The second kappa shape index (κ2) is 6.90. The van der Waals surface area contributed by atoms with Crippen molar-refractivity contribution in [3.63, 3.8) is 0 Å². The zero-order valence-electron chi connectivity index (χ0n) is 19.1. The number of nitrogens with one attached hydrogen (secondary N) is 2. The van der Waals surface area contributed by atoms with Gasteiger partial charge in [-0.05, 0) is 61.8 Å². The fourth-order valence-corrected chi connectivity index (χ4v) is 8.38. The molecule has 1 saturated heterocycles. The van der Waals surface area contributed by atoms with Crippen LogP contribution in [0, 0.1) is 39.9 Å². The third-order valence-corrected chi connectivity index (χ3v) is 9.92. The van der Waals surface area contributed by atoms with E-state index in [9.17, 15) is 9.59 Å². The molecule has 0 radical (unpaired) electrons. The van der Waals surface area contributed by atoms with E-state index < -0.39 is 0 Å². The molecule has 4 fully saturated rings. The van der Waals surface area contributed by atoms with Gasteiger partial charge in [0.2, 0.25) is 0 Å². The quantitative estimate of drug-likeness (QED) is 0.688. The number of ketones is 2. The van der Waals surface area contributed by atoms with Crippen LogP contribution in [0.15, 0.2) is 11.8 Å². The van der Waals surface area contributed by atoms with Gasteiger partial charge in [-0.25, -0.2) is 0 Å². The number of carbonyl (C=O) groups excluding carboxylic acids is 2. The standard InChI is InChI=1S/C25H38N2O3/c1-23(2)20(27-30-15-9-12-26-14-15)8-11-25(4)18-7-10-24(3)17(5-6-21(24)29)16(18)13-19(28)22(23)25/h8,15-18,22,26-27H,5-7,9-14H2,1-4H3/t15-,16+,17+,18+,22?,24+,25-/m1/s1.